The van der Waals surface area contributed by atoms with Gasteiger partial charge in [-0.05, 0) is 19.1 Å². The number of carbonyl (C=O) groups is 1. The van der Waals surface area contributed by atoms with Gasteiger partial charge in [0.25, 0.3) is 11.5 Å². The van der Waals surface area contributed by atoms with E-state index in [0.717, 1.165) is 0 Å². The highest BCUT2D eigenvalue weighted by Gasteiger charge is 2.17. The summed E-state index contributed by atoms with van der Waals surface area (Å²) in [4.78, 5) is 32.7. The largest absolute Gasteiger partial charge is 0.361 e. The maximum absolute atomic E-state index is 12.2. The summed E-state index contributed by atoms with van der Waals surface area (Å²) in [6, 6.07) is 8.62. The number of benzene rings is 1. The Morgan fingerprint density at radius 2 is 2.14 bits per heavy atom. The van der Waals surface area contributed by atoms with E-state index in [1.54, 1.807) is 38.2 Å². The van der Waals surface area contributed by atoms with E-state index in [1.165, 1.54) is 4.90 Å². The lowest BCUT2D eigenvalue weighted by Gasteiger charge is -2.14. The molecule has 0 bridgehead atoms. The smallest absolute Gasteiger partial charge is 0.276 e. The summed E-state index contributed by atoms with van der Waals surface area (Å²) in [5, 5.41) is 4.21. The van der Waals surface area contributed by atoms with Crippen LogP contribution in [0.25, 0.3) is 10.9 Å². The van der Waals surface area contributed by atoms with Gasteiger partial charge in [0.1, 0.15) is 11.6 Å². The number of amides is 1. The second kappa shape index (κ2) is 5.44. The summed E-state index contributed by atoms with van der Waals surface area (Å²) in [7, 11) is 1.61. The average Bonchev–Trinajstić information content (AvgIpc) is 2.93. The van der Waals surface area contributed by atoms with Crippen molar-refractivity contribution in [2.45, 2.75) is 13.5 Å². The van der Waals surface area contributed by atoms with Crippen LogP contribution in [0.2, 0.25) is 0 Å². The molecule has 2 heterocycles. The van der Waals surface area contributed by atoms with E-state index in [1.807, 2.05) is 6.07 Å². The molecule has 1 amide bonds. The highest BCUT2D eigenvalue weighted by Crippen LogP contribution is 2.09. The zero-order valence-electron chi connectivity index (χ0n) is 12.2. The van der Waals surface area contributed by atoms with Gasteiger partial charge in [0, 0.05) is 13.1 Å². The third kappa shape index (κ3) is 2.60. The zero-order valence-corrected chi connectivity index (χ0v) is 12.2. The molecule has 0 spiro atoms. The maximum Gasteiger partial charge on any atom is 0.276 e. The molecule has 7 heteroatoms. The standard InChI is InChI=1S/C15H14N4O3/c1-9-7-12(18-22-9)15(21)19(2)8-13-16-11-6-4-3-5-10(11)14(20)17-13/h3-7H,8H2,1-2H3,(H,16,17,20). The molecule has 0 aliphatic rings. The fourth-order valence-corrected chi connectivity index (χ4v) is 2.17. The van der Waals surface area contributed by atoms with Gasteiger partial charge in [-0.15, -0.1) is 0 Å². The van der Waals surface area contributed by atoms with E-state index in [0.29, 0.717) is 22.5 Å². The number of H-pyrrole nitrogens is 1. The monoisotopic (exact) mass is 298 g/mol. The highest BCUT2D eigenvalue weighted by atomic mass is 16.5. The number of aromatic amines is 1. The Morgan fingerprint density at radius 1 is 1.36 bits per heavy atom. The van der Waals surface area contributed by atoms with Crippen molar-refractivity contribution >= 4 is 16.8 Å². The normalized spacial score (nSPS) is 10.8. The van der Waals surface area contributed by atoms with E-state index in [9.17, 15) is 9.59 Å². The number of hydrogen-bond acceptors (Lipinski definition) is 5. The minimum Gasteiger partial charge on any atom is -0.361 e. The SMILES string of the molecule is Cc1cc(C(=O)N(C)Cc2nc3ccccc3c(=O)[nH]2)no1. The molecule has 0 saturated carbocycles. The number of aromatic nitrogens is 3. The molecule has 1 aromatic carbocycles. The van der Waals surface area contributed by atoms with Crippen LogP contribution < -0.4 is 5.56 Å². The highest BCUT2D eigenvalue weighted by molar-refractivity contribution is 5.92. The number of hydrogen-bond donors (Lipinski definition) is 1. The Morgan fingerprint density at radius 3 is 2.86 bits per heavy atom. The number of nitrogens with zero attached hydrogens (tertiary/aromatic N) is 3. The van der Waals surface area contributed by atoms with Crippen LogP contribution in [0.3, 0.4) is 0 Å². The van der Waals surface area contributed by atoms with Gasteiger partial charge in [-0.2, -0.15) is 0 Å². The molecule has 0 aliphatic carbocycles. The van der Waals surface area contributed by atoms with Crippen LogP contribution in [-0.2, 0) is 6.54 Å². The molecule has 22 heavy (non-hydrogen) atoms. The molecule has 0 fully saturated rings. The van der Waals surface area contributed by atoms with Crippen molar-refractivity contribution in [3.05, 3.63) is 58.0 Å². The minimum absolute atomic E-state index is 0.171. The number of carbonyl (C=O) groups excluding carboxylic acids is 1. The summed E-state index contributed by atoms with van der Waals surface area (Å²) < 4.78 is 4.89. The number of fused-ring (bicyclic) bond motifs is 1. The topological polar surface area (TPSA) is 92.1 Å². The predicted octanol–water partition coefficient (Wildman–Crippen LogP) is 1.49. The van der Waals surface area contributed by atoms with Crippen molar-refractivity contribution in [3.8, 4) is 0 Å². The summed E-state index contributed by atoms with van der Waals surface area (Å²) in [6.07, 6.45) is 0. The minimum atomic E-state index is -0.298. The Hall–Kier alpha value is -2.96. The molecule has 1 N–H and O–H groups in total. The number of aryl methyl sites for hydroxylation is 1. The lowest BCUT2D eigenvalue weighted by molar-refractivity contribution is 0.0771. The van der Waals surface area contributed by atoms with Gasteiger partial charge in [0.05, 0.1) is 17.4 Å². The predicted molar refractivity (Wildman–Crippen MR) is 79.4 cm³/mol. The van der Waals surface area contributed by atoms with Crippen LogP contribution in [0.15, 0.2) is 39.6 Å². The van der Waals surface area contributed by atoms with Crippen molar-refractivity contribution in [2.75, 3.05) is 7.05 Å². The number of nitrogens with one attached hydrogen (secondary N) is 1. The molecule has 0 atom stereocenters. The molecular weight excluding hydrogens is 284 g/mol. The van der Waals surface area contributed by atoms with E-state index >= 15 is 0 Å². The van der Waals surface area contributed by atoms with Crippen LogP contribution in [0.4, 0.5) is 0 Å². The first kappa shape index (κ1) is 14.0. The molecule has 2 aromatic heterocycles. The fraction of sp³-hybridized carbons (Fsp3) is 0.200. The summed E-state index contributed by atoms with van der Waals surface area (Å²) in [5.41, 5.74) is 0.598. The number of rotatable bonds is 3. The van der Waals surface area contributed by atoms with Crippen LogP contribution in [0, 0.1) is 6.92 Å². The van der Waals surface area contributed by atoms with Gasteiger partial charge in [-0.1, -0.05) is 17.3 Å². The third-order valence-electron chi connectivity index (χ3n) is 3.24. The van der Waals surface area contributed by atoms with Crippen LogP contribution in [-0.4, -0.2) is 33.0 Å². The van der Waals surface area contributed by atoms with E-state index in [4.69, 9.17) is 4.52 Å². The summed E-state index contributed by atoms with van der Waals surface area (Å²) in [5.74, 6) is 0.682. The van der Waals surface area contributed by atoms with Gasteiger partial charge in [-0.3, -0.25) is 9.59 Å². The lowest BCUT2D eigenvalue weighted by atomic mass is 10.2. The molecule has 3 rings (SSSR count). The van der Waals surface area contributed by atoms with E-state index in [-0.39, 0.29) is 23.7 Å². The van der Waals surface area contributed by atoms with Gasteiger partial charge >= 0.3 is 0 Å². The lowest BCUT2D eigenvalue weighted by Crippen LogP contribution is -2.28. The van der Waals surface area contributed by atoms with Gasteiger partial charge < -0.3 is 14.4 Å². The molecule has 0 radical (unpaired) electrons. The zero-order chi connectivity index (χ0) is 15.7. The number of para-hydroxylation sites is 1. The Balaban J connectivity index is 1.86. The molecule has 0 aliphatic heterocycles. The Bertz CT molecular complexity index is 897. The molecule has 7 nitrogen and oxygen atoms in total. The Labute approximate surface area is 125 Å². The van der Waals surface area contributed by atoms with Crippen molar-refractivity contribution in [3.63, 3.8) is 0 Å². The third-order valence-corrected chi connectivity index (χ3v) is 3.24. The van der Waals surface area contributed by atoms with Crippen LogP contribution in [0.1, 0.15) is 22.1 Å². The molecule has 0 saturated heterocycles. The van der Waals surface area contributed by atoms with Crippen molar-refractivity contribution in [2.24, 2.45) is 0 Å². The second-order valence-electron chi connectivity index (χ2n) is 5.01. The van der Waals surface area contributed by atoms with Crippen molar-refractivity contribution < 1.29 is 9.32 Å². The molecule has 3 aromatic rings. The van der Waals surface area contributed by atoms with Gasteiger partial charge in [0.2, 0.25) is 0 Å². The van der Waals surface area contributed by atoms with Crippen LogP contribution >= 0.6 is 0 Å². The fourth-order valence-electron chi connectivity index (χ4n) is 2.17. The van der Waals surface area contributed by atoms with E-state index < -0.39 is 0 Å². The first-order valence-corrected chi connectivity index (χ1v) is 6.71. The second-order valence-corrected chi connectivity index (χ2v) is 5.01. The average molecular weight is 298 g/mol. The molecule has 0 unspecified atom stereocenters. The molecular formula is C15H14N4O3. The van der Waals surface area contributed by atoms with Crippen molar-refractivity contribution in [1.29, 1.82) is 0 Å². The van der Waals surface area contributed by atoms with Gasteiger partial charge in [-0.25, -0.2) is 4.98 Å². The van der Waals surface area contributed by atoms with E-state index in [2.05, 4.69) is 15.1 Å². The first-order valence-electron chi connectivity index (χ1n) is 6.71. The summed E-state index contributed by atoms with van der Waals surface area (Å²) in [6.45, 7) is 1.89. The summed E-state index contributed by atoms with van der Waals surface area (Å²) >= 11 is 0. The van der Waals surface area contributed by atoms with Crippen LogP contribution in [0.5, 0.6) is 0 Å². The quantitative estimate of drug-likeness (QED) is 0.791. The molecule has 112 valence electrons. The first-order chi connectivity index (χ1) is 10.5. The van der Waals surface area contributed by atoms with Crippen molar-refractivity contribution in [1.82, 2.24) is 20.0 Å². The van der Waals surface area contributed by atoms with Gasteiger partial charge in [0.15, 0.2) is 5.69 Å². The Kier molecular flexibility index (Phi) is 3.46. The maximum atomic E-state index is 12.2.